The van der Waals surface area contributed by atoms with Gasteiger partial charge in [-0.2, -0.15) is 0 Å². The predicted molar refractivity (Wildman–Crippen MR) is 77.5 cm³/mol. The molecule has 106 valence electrons. The van der Waals surface area contributed by atoms with Gasteiger partial charge in [-0.3, -0.25) is 9.69 Å². The van der Waals surface area contributed by atoms with Gasteiger partial charge in [0.05, 0.1) is 0 Å². The molecule has 1 fully saturated rings. The van der Waals surface area contributed by atoms with Gasteiger partial charge in [-0.05, 0) is 17.7 Å². The van der Waals surface area contributed by atoms with Gasteiger partial charge in [-0.15, -0.1) is 0 Å². The zero-order valence-corrected chi connectivity index (χ0v) is 11.4. The second-order valence-corrected chi connectivity index (χ2v) is 4.94. The molecule has 1 atom stereocenters. The van der Waals surface area contributed by atoms with Gasteiger partial charge < -0.3 is 4.74 Å². The van der Waals surface area contributed by atoms with Crippen molar-refractivity contribution in [2.24, 2.45) is 0 Å². The van der Waals surface area contributed by atoms with Crippen molar-refractivity contribution in [3.05, 3.63) is 71.8 Å². The van der Waals surface area contributed by atoms with E-state index in [0.717, 1.165) is 5.56 Å². The lowest BCUT2D eigenvalue weighted by atomic mass is 10.0. The maximum absolute atomic E-state index is 12.5. The summed E-state index contributed by atoms with van der Waals surface area (Å²) in [7, 11) is 0. The van der Waals surface area contributed by atoms with Crippen molar-refractivity contribution in [1.29, 1.82) is 0 Å². The van der Waals surface area contributed by atoms with Gasteiger partial charge in [0.25, 0.3) is 5.91 Å². The molecule has 4 heteroatoms. The molecule has 2 aromatic rings. The number of carbonyl (C=O) groups excluding carboxylic acids is 2. The minimum atomic E-state index is -0.555. The molecule has 0 N–H and O–H groups in total. The van der Waals surface area contributed by atoms with Crippen LogP contribution in [-0.2, 0) is 16.0 Å². The average molecular weight is 281 g/mol. The number of amides is 1. The summed E-state index contributed by atoms with van der Waals surface area (Å²) in [4.78, 5) is 25.9. The van der Waals surface area contributed by atoms with E-state index in [2.05, 4.69) is 0 Å². The Bertz CT molecular complexity index is 640. The van der Waals surface area contributed by atoms with Crippen LogP contribution in [0.15, 0.2) is 60.7 Å². The fourth-order valence-electron chi connectivity index (χ4n) is 2.42. The van der Waals surface area contributed by atoms with Crippen LogP contribution in [0.3, 0.4) is 0 Å². The number of hydrogen-bond acceptors (Lipinski definition) is 3. The van der Waals surface area contributed by atoms with E-state index in [-0.39, 0.29) is 18.6 Å². The Kier molecular flexibility index (Phi) is 3.69. The monoisotopic (exact) mass is 281 g/mol. The highest BCUT2D eigenvalue weighted by atomic mass is 16.6. The molecular formula is C17H15NO3. The Morgan fingerprint density at radius 2 is 1.67 bits per heavy atom. The van der Waals surface area contributed by atoms with Gasteiger partial charge in [0, 0.05) is 12.0 Å². The van der Waals surface area contributed by atoms with E-state index in [9.17, 15) is 9.59 Å². The molecule has 0 aliphatic carbocycles. The zero-order valence-electron chi connectivity index (χ0n) is 11.4. The molecule has 1 amide bonds. The summed E-state index contributed by atoms with van der Waals surface area (Å²) in [6.45, 7) is 0.0179. The van der Waals surface area contributed by atoms with E-state index in [1.165, 1.54) is 4.90 Å². The molecular weight excluding hydrogens is 266 g/mol. The lowest BCUT2D eigenvalue weighted by molar-refractivity contribution is -0.139. The van der Waals surface area contributed by atoms with Crippen LogP contribution in [0.4, 0.5) is 0 Å². The minimum absolute atomic E-state index is 0.0179. The molecule has 2 aromatic carbocycles. The van der Waals surface area contributed by atoms with Gasteiger partial charge in [0.1, 0.15) is 6.04 Å². The van der Waals surface area contributed by atoms with Crippen molar-refractivity contribution in [2.75, 3.05) is 6.73 Å². The topological polar surface area (TPSA) is 46.6 Å². The standard InChI is InChI=1S/C17H15NO3/c19-16(14-9-5-2-6-10-14)18-12-21-17(20)15(18)11-13-7-3-1-4-8-13/h1-10,15H,11-12H2/t15-/m0/s1. The third-order valence-electron chi connectivity index (χ3n) is 3.55. The Labute approximate surface area is 123 Å². The van der Waals surface area contributed by atoms with E-state index in [4.69, 9.17) is 4.74 Å². The lowest BCUT2D eigenvalue weighted by Crippen LogP contribution is -2.39. The molecule has 0 aromatic heterocycles. The van der Waals surface area contributed by atoms with Gasteiger partial charge >= 0.3 is 5.97 Å². The molecule has 1 saturated heterocycles. The Morgan fingerprint density at radius 1 is 1.05 bits per heavy atom. The van der Waals surface area contributed by atoms with Crippen molar-refractivity contribution < 1.29 is 14.3 Å². The summed E-state index contributed by atoms with van der Waals surface area (Å²) in [5, 5.41) is 0. The van der Waals surface area contributed by atoms with Gasteiger partial charge in [0.15, 0.2) is 6.73 Å². The zero-order chi connectivity index (χ0) is 14.7. The average Bonchev–Trinajstić information content (AvgIpc) is 2.90. The van der Waals surface area contributed by atoms with Crippen LogP contribution in [0.1, 0.15) is 15.9 Å². The fourth-order valence-corrected chi connectivity index (χ4v) is 2.42. The maximum atomic E-state index is 12.5. The third kappa shape index (κ3) is 2.79. The molecule has 1 aliphatic heterocycles. The third-order valence-corrected chi connectivity index (χ3v) is 3.55. The summed E-state index contributed by atoms with van der Waals surface area (Å²) in [6, 6.07) is 18.0. The SMILES string of the molecule is O=C1OCN(C(=O)c2ccccc2)[C@H]1Cc1ccccc1. The van der Waals surface area contributed by atoms with Gasteiger partial charge in [-0.1, -0.05) is 48.5 Å². The molecule has 3 rings (SSSR count). The highest BCUT2D eigenvalue weighted by Crippen LogP contribution is 2.19. The second kappa shape index (κ2) is 5.79. The Morgan fingerprint density at radius 3 is 2.33 bits per heavy atom. The smallest absolute Gasteiger partial charge is 0.331 e. The Hall–Kier alpha value is -2.62. The minimum Gasteiger partial charge on any atom is -0.443 e. The highest BCUT2D eigenvalue weighted by molar-refractivity contribution is 5.97. The first-order valence-electron chi connectivity index (χ1n) is 6.82. The fraction of sp³-hybridized carbons (Fsp3) is 0.176. The number of cyclic esters (lactones) is 1. The number of hydrogen-bond donors (Lipinski definition) is 0. The molecule has 0 unspecified atom stereocenters. The number of rotatable bonds is 3. The first-order chi connectivity index (χ1) is 10.3. The maximum Gasteiger partial charge on any atom is 0.331 e. The van der Waals surface area contributed by atoms with Crippen LogP contribution in [0.25, 0.3) is 0 Å². The molecule has 1 heterocycles. The number of nitrogens with zero attached hydrogens (tertiary/aromatic N) is 1. The van der Waals surface area contributed by atoms with Crippen molar-refractivity contribution >= 4 is 11.9 Å². The van der Waals surface area contributed by atoms with E-state index >= 15 is 0 Å². The molecule has 0 spiro atoms. The predicted octanol–water partition coefficient (Wildman–Crippen LogP) is 2.25. The van der Waals surface area contributed by atoms with Crippen molar-refractivity contribution in [3.63, 3.8) is 0 Å². The number of esters is 1. The Balaban J connectivity index is 1.81. The largest absolute Gasteiger partial charge is 0.443 e. The van der Waals surface area contributed by atoms with Gasteiger partial charge in [0.2, 0.25) is 0 Å². The van der Waals surface area contributed by atoms with Crippen LogP contribution in [0, 0.1) is 0 Å². The van der Waals surface area contributed by atoms with Crippen LogP contribution in [0.5, 0.6) is 0 Å². The van der Waals surface area contributed by atoms with Gasteiger partial charge in [-0.25, -0.2) is 4.79 Å². The summed E-state index contributed by atoms with van der Waals surface area (Å²) >= 11 is 0. The van der Waals surface area contributed by atoms with E-state index in [0.29, 0.717) is 12.0 Å². The number of ether oxygens (including phenoxy) is 1. The van der Waals surface area contributed by atoms with E-state index in [1.54, 1.807) is 24.3 Å². The number of benzene rings is 2. The first kappa shape index (κ1) is 13.4. The molecule has 4 nitrogen and oxygen atoms in total. The second-order valence-electron chi connectivity index (χ2n) is 4.94. The summed E-state index contributed by atoms with van der Waals surface area (Å²) in [5.74, 6) is -0.523. The molecule has 0 saturated carbocycles. The van der Waals surface area contributed by atoms with Crippen molar-refractivity contribution in [3.8, 4) is 0 Å². The van der Waals surface area contributed by atoms with Crippen LogP contribution in [0.2, 0.25) is 0 Å². The quantitative estimate of drug-likeness (QED) is 0.811. The van der Waals surface area contributed by atoms with Crippen LogP contribution in [-0.4, -0.2) is 29.5 Å². The van der Waals surface area contributed by atoms with E-state index < -0.39 is 6.04 Å². The molecule has 1 aliphatic rings. The first-order valence-corrected chi connectivity index (χ1v) is 6.82. The summed E-state index contributed by atoms with van der Waals surface area (Å²) in [5.41, 5.74) is 1.57. The van der Waals surface area contributed by atoms with Crippen molar-refractivity contribution in [2.45, 2.75) is 12.5 Å². The summed E-state index contributed by atoms with van der Waals surface area (Å²) < 4.78 is 5.06. The van der Waals surface area contributed by atoms with Crippen LogP contribution >= 0.6 is 0 Å². The molecule has 0 bridgehead atoms. The molecule has 0 radical (unpaired) electrons. The molecule has 21 heavy (non-hydrogen) atoms. The number of carbonyl (C=O) groups is 2. The normalized spacial score (nSPS) is 17.6. The van der Waals surface area contributed by atoms with Crippen molar-refractivity contribution in [1.82, 2.24) is 4.90 Å². The highest BCUT2D eigenvalue weighted by Gasteiger charge is 2.37. The summed E-state index contributed by atoms with van der Waals surface area (Å²) in [6.07, 6.45) is 0.470. The van der Waals surface area contributed by atoms with E-state index in [1.807, 2.05) is 36.4 Å². The lowest BCUT2D eigenvalue weighted by Gasteiger charge is -2.20. The van der Waals surface area contributed by atoms with Crippen LogP contribution < -0.4 is 0 Å².